The zero-order chi connectivity index (χ0) is 19.5. The summed E-state index contributed by atoms with van der Waals surface area (Å²) in [5.74, 6) is -0.758. The van der Waals surface area contributed by atoms with Gasteiger partial charge in [-0.2, -0.15) is 5.10 Å². The minimum absolute atomic E-state index is 0.208. The third-order valence-electron chi connectivity index (χ3n) is 4.49. The van der Waals surface area contributed by atoms with E-state index in [-0.39, 0.29) is 30.6 Å². The standard InChI is InChI=1S/C20H17N5O3/c26-18-8-9-19(27)25(18)17-3-1-2-15(10-17)20(28)22-11-14-4-6-16(7-5-14)24-13-21-12-23-24/h1-7,10,12-13H,8-9,11H2,(H,22,28). The molecule has 0 atom stereocenters. The van der Waals surface area contributed by atoms with E-state index in [1.807, 2.05) is 24.3 Å². The van der Waals surface area contributed by atoms with E-state index in [2.05, 4.69) is 15.4 Å². The summed E-state index contributed by atoms with van der Waals surface area (Å²) in [5.41, 5.74) is 2.63. The normalized spacial score (nSPS) is 13.8. The molecular weight excluding hydrogens is 358 g/mol. The largest absolute Gasteiger partial charge is 0.348 e. The molecule has 140 valence electrons. The summed E-state index contributed by atoms with van der Waals surface area (Å²) in [4.78, 5) is 41.3. The van der Waals surface area contributed by atoms with Crippen molar-refractivity contribution in [1.82, 2.24) is 20.1 Å². The van der Waals surface area contributed by atoms with E-state index in [0.717, 1.165) is 16.2 Å². The van der Waals surface area contributed by atoms with E-state index < -0.39 is 0 Å². The number of hydrogen-bond donors (Lipinski definition) is 1. The van der Waals surface area contributed by atoms with Gasteiger partial charge in [0.15, 0.2) is 0 Å². The highest BCUT2D eigenvalue weighted by Crippen LogP contribution is 2.23. The molecule has 1 fully saturated rings. The van der Waals surface area contributed by atoms with Gasteiger partial charge in [0.05, 0.1) is 11.4 Å². The molecule has 2 aromatic carbocycles. The van der Waals surface area contributed by atoms with Crippen molar-refractivity contribution in [1.29, 1.82) is 0 Å². The SMILES string of the molecule is O=C(NCc1ccc(-n2cncn2)cc1)c1cccc(N2C(=O)CCC2=O)c1. The van der Waals surface area contributed by atoms with E-state index in [1.165, 1.54) is 6.33 Å². The van der Waals surface area contributed by atoms with Crippen molar-refractivity contribution in [3.05, 3.63) is 72.3 Å². The minimum Gasteiger partial charge on any atom is -0.348 e. The summed E-state index contributed by atoms with van der Waals surface area (Å²) in [6.07, 6.45) is 3.49. The molecule has 4 rings (SSSR count). The maximum Gasteiger partial charge on any atom is 0.251 e. The first-order valence-corrected chi connectivity index (χ1v) is 8.80. The lowest BCUT2D eigenvalue weighted by Gasteiger charge is -2.15. The predicted octanol–water partition coefficient (Wildman–Crippen LogP) is 1.85. The third-order valence-corrected chi connectivity index (χ3v) is 4.49. The van der Waals surface area contributed by atoms with Crippen molar-refractivity contribution in [3.8, 4) is 5.69 Å². The van der Waals surface area contributed by atoms with Crippen LogP contribution in [-0.4, -0.2) is 32.5 Å². The van der Waals surface area contributed by atoms with E-state index in [0.29, 0.717) is 17.8 Å². The molecule has 8 nitrogen and oxygen atoms in total. The Morgan fingerprint density at radius 2 is 1.75 bits per heavy atom. The first kappa shape index (κ1) is 17.6. The summed E-state index contributed by atoms with van der Waals surface area (Å²) >= 11 is 0. The van der Waals surface area contributed by atoms with E-state index in [9.17, 15) is 14.4 Å². The third kappa shape index (κ3) is 3.52. The molecule has 1 aliphatic heterocycles. The van der Waals surface area contributed by atoms with Crippen LogP contribution in [0, 0.1) is 0 Å². The number of imide groups is 1. The summed E-state index contributed by atoms with van der Waals surface area (Å²) in [6.45, 7) is 0.349. The smallest absolute Gasteiger partial charge is 0.251 e. The molecule has 28 heavy (non-hydrogen) atoms. The lowest BCUT2D eigenvalue weighted by atomic mass is 10.1. The lowest BCUT2D eigenvalue weighted by molar-refractivity contribution is -0.121. The number of carbonyl (C=O) groups is 3. The van der Waals surface area contributed by atoms with Crippen LogP contribution < -0.4 is 10.2 Å². The maximum atomic E-state index is 12.5. The van der Waals surface area contributed by atoms with Crippen LogP contribution in [0.5, 0.6) is 0 Å². The fourth-order valence-electron chi connectivity index (χ4n) is 3.04. The molecular formula is C20H17N5O3. The van der Waals surface area contributed by atoms with Gasteiger partial charge < -0.3 is 5.32 Å². The molecule has 0 aliphatic carbocycles. The molecule has 0 bridgehead atoms. The maximum absolute atomic E-state index is 12.5. The minimum atomic E-state index is -0.277. The zero-order valence-corrected chi connectivity index (χ0v) is 14.9. The summed E-state index contributed by atoms with van der Waals surface area (Å²) in [5, 5.41) is 6.91. The molecule has 2 heterocycles. The Morgan fingerprint density at radius 3 is 2.43 bits per heavy atom. The molecule has 0 unspecified atom stereocenters. The molecule has 3 amide bonds. The van der Waals surface area contributed by atoms with Crippen molar-refractivity contribution in [3.63, 3.8) is 0 Å². The first-order valence-electron chi connectivity index (χ1n) is 8.80. The van der Waals surface area contributed by atoms with Crippen molar-refractivity contribution in [2.45, 2.75) is 19.4 Å². The summed E-state index contributed by atoms with van der Waals surface area (Å²) in [7, 11) is 0. The zero-order valence-electron chi connectivity index (χ0n) is 14.9. The molecule has 1 saturated heterocycles. The second-order valence-corrected chi connectivity index (χ2v) is 6.36. The molecule has 8 heteroatoms. The fraction of sp³-hybridized carbons (Fsp3) is 0.150. The van der Waals surface area contributed by atoms with Crippen LogP contribution in [0.1, 0.15) is 28.8 Å². The number of rotatable bonds is 5. The Morgan fingerprint density at radius 1 is 1.00 bits per heavy atom. The number of anilines is 1. The molecule has 1 aliphatic rings. The fourth-order valence-corrected chi connectivity index (χ4v) is 3.04. The van der Waals surface area contributed by atoms with Crippen molar-refractivity contribution in [2.75, 3.05) is 4.90 Å². The van der Waals surface area contributed by atoms with Gasteiger partial charge in [0.1, 0.15) is 12.7 Å². The average molecular weight is 375 g/mol. The van der Waals surface area contributed by atoms with Gasteiger partial charge in [-0.25, -0.2) is 9.67 Å². The number of aromatic nitrogens is 3. The molecule has 1 aromatic heterocycles. The highest BCUT2D eigenvalue weighted by Gasteiger charge is 2.30. The summed E-state index contributed by atoms with van der Waals surface area (Å²) in [6, 6.07) is 14.1. The Kier molecular flexibility index (Phi) is 4.67. The van der Waals surface area contributed by atoms with Gasteiger partial charge in [0.25, 0.3) is 5.91 Å². The van der Waals surface area contributed by atoms with Crippen molar-refractivity contribution < 1.29 is 14.4 Å². The second kappa shape index (κ2) is 7.43. The van der Waals surface area contributed by atoms with Crippen LogP contribution in [0.15, 0.2) is 61.2 Å². The van der Waals surface area contributed by atoms with E-state index in [1.54, 1.807) is 35.3 Å². The number of nitrogens with zero attached hydrogens (tertiary/aromatic N) is 4. The van der Waals surface area contributed by atoms with Gasteiger partial charge >= 0.3 is 0 Å². The number of nitrogens with one attached hydrogen (secondary N) is 1. The number of benzene rings is 2. The highest BCUT2D eigenvalue weighted by atomic mass is 16.2. The van der Waals surface area contributed by atoms with Crippen LogP contribution in [-0.2, 0) is 16.1 Å². The van der Waals surface area contributed by atoms with Crippen LogP contribution >= 0.6 is 0 Å². The average Bonchev–Trinajstić information content (AvgIpc) is 3.37. The van der Waals surface area contributed by atoms with Crippen molar-refractivity contribution >= 4 is 23.4 Å². The Labute approximate surface area is 160 Å². The Balaban J connectivity index is 1.42. The van der Waals surface area contributed by atoms with Gasteiger partial charge in [-0.05, 0) is 35.9 Å². The van der Waals surface area contributed by atoms with Gasteiger partial charge in [-0.3, -0.25) is 19.3 Å². The van der Waals surface area contributed by atoms with Gasteiger partial charge in [0.2, 0.25) is 11.8 Å². The Hall–Kier alpha value is -3.81. The van der Waals surface area contributed by atoms with E-state index in [4.69, 9.17) is 0 Å². The van der Waals surface area contributed by atoms with Gasteiger partial charge in [0, 0.05) is 24.9 Å². The summed E-state index contributed by atoms with van der Waals surface area (Å²) < 4.78 is 1.65. The molecule has 3 aromatic rings. The first-order chi connectivity index (χ1) is 13.6. The van der Waals surface area contributed by atoms with Gasteiger partial charge in [-0.15, -0.1) is 0 Å². The van der Waals surface area contributed by atoms with Crippen LogP contribution in [0.25, 0.3) is 5.69 Å². The predicted molar refractivity (Wildman–Crippen MR) is 101 cm³/mol. The van der Waals surface area contributed by atoms with Crippen LogP contribution in [0.3, 0.4) is 0 Å². The van der Waals surface area contributed by atoms with Crippen molar-refractivity contribution in [2.24, 2.45) is 0 Å². The highest BCUT2D eigenvalue weighted by molar-refractivity contribution is 6.20. The lowest BCUT2D eigenvalue weighted by Crippen LogP contribution is -2.29. The Bertz CT molecular complexity index is 1010. The van der Waals surface area contributed by atoms with Crippen LogP contribution in [0.2, 0.25) is 0 Å². The second-order valence-electron chi connectivity index (χ2n) is 6.36. The number of amides is 3. The number of carbonyl (C=O) groups excluding carboxylic acids is 3. The van der Waals surface area contributed by atoms with Crippen LogP contribution in [0.4, 0.5) is 5.69 Å². The van der Waals surface area contributed by atoms with E-state index >= 15 is 0 Å². The van der Waals surface area contributed by atoms with Gasteiger partial charge in [-0.1, -0.05) is 18.2 Å². The molecule has 0 saturated carbocycles. The molecule has 0 spiro atoms. The number of hydrogen-bond acceptors (Lipinski definition) is 5. The quantitative estimate of drug-likeness (QED) is 0.687. The topological polar surface area (TPSA) is 97.2 Å². The molecule has 1 N–H and O–H groups in total. The monoisotopic (exact) mass is 375 g/mol. The molecule has 0 radical (unpaired) electrons.